The lowest BCUT2D eigenvalue weighted by atomic mass is 10.2. The van der Waals surface area contributed by atoms with Crippen LogP contribution >= 0.6 is 0 Å². The van der Waals surface area contributed by atoms with Gasteiger partial charge in [0.25, 0.3) is 0 Å². The number of carbonyl (C=O) groups is 2. The second kappa shape index (κ2) is 3.65. The fourth-order valence-corrected chi connectivity index (χ4v) is 1.41. The van der Waals surface area contributed by atoms with Crippen molar-refractivity contribution < 1.29 is 9.59 Å². The number of benzene rings is 1. The number of rotatable bonds is 1. The lowest BCUT2D eigenvalue weighted by Gasteiger charge is -2.01. The first-order valence-corrected chi connectivity index (χ1v) is 4.63. The van der Waals surface area contributed by atoms with Gasteiger partial charge in [0.2, 0.25) is 0 Å². The van der Waals surface area contributed by atoms with Crippen LogP contribution < -0.4 is 11.1 Å². The second-order valence-corrected chi connectivity index (χ2v) is 3.37. The number of amides is 2. The van der Waals surface area contributed by atoms with Crippen LogP contribution in [0.1, 0.15) is 5.82 Å². The van der Waals surface area contributed by atoms with E-state index in [0.29, 0.717) is 5.69 Å². The molecule has 0 fully saturated rings. The average molecular weight is 218 g/mol. The van der Waals surface area contributed by atoms with Gasteiger partial charge in [-0.1, -0.05) is 0 Å². The number of hydrogen-bond acceptors (Lipinski definition) is 3. The van der Waals surface area contributed by atoms with Crippen LogP contribution in [0.25, 0.3) is 11.0 Å². The van der Waals surface area contributed by atoms with Crippen molar-refractivity contribution in [2.45, 2.75) is 6.92 Å². The summed E-state index contributed by atoms with van der Waals surface area (Å²) in [5.41, 5.74) is 6.92. The summed E-state index contributed by atoms with van der Waals surface area (Å²) >= 11 is 0. The summed E-state index contributed by atoms with van der Waals surface area (Å²) in [6, 6.07) is 5.09. The molecule has 0 atom stereocenters. The zero-order chi connectivity index (χ0) is 11.7. The van der Waals surface area contributed by atoms with Gasteiger partial charge in [-0.05, 0) is 25.1 Å². The van der Waals surface area contributed by atoms with Gasteiger partial charge in [0.1, 0.15) is 5.82 Å². The predicted molar refractivity (Wildman–Crippen MR) is 58.7 cm³/mol. The number of imidazole rings is 1. The zero-order valence-corrected chi connectivity index (χ0v) is 8.57. The molecule has 0 aliphatic carbocycles. The smallest absolute Gasteiger partial charge is 0.313 e. The van der Waals surface area contributed by atoms with E-state index >= 15 is 0 Å². The first kappa shape index (κ1) is 10.2. The largest absolute Gasteiger partial charge is 0.361 e. The molecule has 16 heavy (non-hydrogen) atoms. The molecule has 2 aromatic rings. The Balaban J connectivity index is 2.32. The van der Waals surface area contributed by atoms with E-state index in [2.05, 4.69) is 15.3 Å². The SMILES string of the molecule is Cc1nc2ccc(NC(=O)C(N)=O)cc2[nH]1. The lowest BCUT2D eigenvalue weighted by Crippen LogP contribution is -2.29. The number of aromatic nitrogens is 2. The Morgan fingerprint density at radius 1 is 1.44 bits per heavy atom. The van der Waals surface area contributed by atoms with E-state index < -0.39 is 11.8 Å². The van der Waals surface area contributed by atoms with Crippen LogP contribution in [0.3, 0.4) is 0 Å². The topological polar surface area (TPSA) is 101 Å². The molecule has 2 rings (SSSR count). The summed E-state index contributed by atoms with van der Waals surface area (Å²) < 4.78 is 0. The molecule has 1 heterocycles. The van der Waals surface area contributed by atoms with E-state index in [1.807, 2.05) is 6.92 Å². The number of primary amides is 1. The van der Waals surface area contributed by atoms with Crippen molar-refractivity contribution in [3.63, 3.8) is 0 Å². The molecule has 0 aliphatic heterocycles. The fraction of sp³-hybridized carbons (Fsp3) is 0.100. The molecule has 0 unspecified atom stereocenters. The standard InChI is InChI=1S/C10H10N4O2/c1-5-12-7-3-2-6(4-8(7)13-5)14-10(16)9(11)15/h2-4H,1H3,(H2,11,15)(H,12,13)(H,14,16). The minimum Gasteiger partial charge on any atom is -0.361 e. The molecule has 2 amide bonds. The van der Waals surface area contributed by atoms with Gasteiger partial charge >= 0.3 is 11.8 Å². The highest BCUT2D eigenvalue weighted by Gasteiger charge is 2.09. The summed E-state index contributed by atoms with van der Waals surface area (Å²) in [6.45, 7) is 1.83. The van der Waals surface area contributed by atoms with Gasteiger partial charge in [0, 0.05) is 5.69 Å². The van der Waals surface area contributed by atoms with Gasteiger partial charge in [-0.15, -0.1) is 0 Å². The molecule has 0 aliphatic rings. The van der Waals surface area contributed by atoms with E-state index in [-0.39, 0.29) is 0 Å². The van der Waals surface area contributed by atoms with Crippen LogP contribution in [-0.2, 0) is 9.59 Å². The number of nitrogens with zero attached hydrogens (tertiary/aromatic N) is 1. The predicted octanol–water partition coefficient (Wildman–Crippen LogP) is 0.295. The van der Waals surface area contributed by atoms with Crippen LogP contribution in [0, 0.1) is 6.92 Å². The van der Waals surface area contributed by atoms with Gasteiger partial charge in [0.05, 0.1) is 11.0 Å². The molecule has 1 aromatic carbocycles. The van der Waals surface area contributed by atoms with Crippen molar-refractivity contribution in [2.24, 2.45) is 5.73 Å². The van der Waals surface area contributed by atoms with Crippen molar-refractivity contribution in [1.82, 2.24) is 9.97 Å². The Labute approximate surface area is 90.8 Å². The number of fused-ring (bicyclic) bond motifs is 1. The molecule has 0 radical (unpaired) electrons. The number of carbonyl (C=O) groups excluding carboxylic acids is 2. The normalized spacial score (nSPS) is 10.3. The minimum atomic E-state index is -1.01. The first-order chi connectivity index (χ1) is 7.56. The van der Waals surface area contributed by atoms with E-state index in [1.54, 1.807) is 18.2 Å². The molecule has 82 valence electrons. The second-order valence-electron chi connectivity index (χ2n) is 3.37. The van der Waals surface area contributed by atoms with Crippen LogP contribution in [0.15, 0.2) is 18.2 Å². The summed E-state index contributed by atoms with van der Waals surface area (Å²) in [7, 11) is 0. The van der Waals surface area contributed by atoms with Crippen molar-refractivity contribution in [1.29, 1.82) is 0 Å². The fourth-order valence-electron chi connectivity index (χ4n) is 1.41. The number of nitrogens with two attached hydrogens (primary N) is 1. The highest BCUT2D eigenvalue weighted by atomic mass is 16.2. The first-order valence-electron chi connectivity index (χ1n) is 4.63. The van der Waals surface area contributed by atoms with Crippen LogP contribution in [0.4, 0.5) is 5.69 Å². The van der Waals surface area contributed by atoms with Gasteiger partial charge in [-0.3, -0.25) is 9.59 Å². The lowest BCUT2D eigenvalue weighted by molar-refractivity contribution is -0.134. The van der Waals surface area contributed by atoms with E-state index in [9.17, 15) is 9.59 Å². The van der Waals surface area contributed by atoms with Gasteiger partial charge < -0.3 is 16.0 Å². The summed E-state index contributed by atoms with van der Waals surface area (Å²) in [5, 5.41) is 2.38. The quantitative estimate of drug-likeness (QED) is 0.600. The Hall–Kier alpha value is -2.37. The molecular weight excluding hydrogens is 208 g/mol. The van der Waals surface area contributed by atoms with Crippen molar-refractivity contribution in [2.75, 3.05) is 5.32 Å². The molecule has 0 saturated heterocycles. The van der Waals surface area contributed by atoms with Crippen molar-refractivity contribution in [3.05, 3.63) is 24.0 Å². The molecule has 4 N–H and O–H groups in total. The molecule has 1 aromatic heterocycles. The molecular formula is C10H10N4O2. The third-order valence-corrected chi connectivity index (χ3v) is 2.08. The summed E-state index contributed by atoms with van der Waals surface area (Å²) in [5.74, 6) is -1.06. The number of nitrogens with one attached hydrogen (secondary N) is 2. The zero-order valence-electron chi connectivity index (χ0n) is 8.57. The molecule has 6 nitrogen and oxygen atoms in total. The number of aryl methyl sites for hydroxylation is 1. The molecule has 6 heteroatoms. The summed E-state index contributed by atoms with van der Waals surface area (Å²) in [4.78, 5) is 28.8. The van der Waals surface area contributed by atoms with Crippen LogP contribution in [-0.4, -0.2) is 21.8 Å². The Kier molecular flexibility index (Phi) is 2.32. The van der Waals surface area contributed by atoms with E-state index in [1.165, 1.54) is 0 Å². The summed E-state index contributed by atoms with van der Waals surface area (Å²) in [6.07, 6.45) is 0. The minimum absolute atomic E-state index is 0.500. The van der Waals surface area contributed by atoms with Gasteiger partial charge in [0.15, 0.2) is 0 Å². The highest BCUT2D eigenvalue weighted by molar-refractivity contribution is 6.39. The average Bonchev–Trinajstić information content (AvgIpc) is 2.57. The number of hydrogen-bond donors (Lipinski definition) is 3. The number of anilines is 1. The Bertz CT molecular complexity index is 573. The maximum Gasteiger partial charge on any atom is 0.313 e. The van der Waals surface area contributed by atoms with Crippen LogP contribution in [0.2, 0.25) is 0 Å². The van der Waals surface area contributed by atoms with Crippen LogP contribution in [0.5, 0.6) is 0 Å². The number of H-pyrrole nitrogens is 1. The molecule has 0 bridgehead atoms. The Morgan fingerprint density at radius 2 is 2.19 bits per heavy atom. The maximum atomic E-state index is 11.0. The van der Waals surface area contributed by atoms with Crippen molar-refractivity contribution in [3.8, 4) is 0 Å². The third-order valence-electron chi connectivity index (χ3n) is 2.08. The van der Waals surface area contributed by atoms with E-state index in [0.717, 1.165) is 16.9 Å². The highest BCUT2D eigenvalue weighted by Crippen LogP contribution is 2.16. The molecule has 0 saturated carbocycles. The third kappa shape index (κ3) is 1.85. The number of aromatic amines is 1. The van der Waals surface area contributed by atoms with Gasteiger partial charge in [-0.25, -0.2) is 4.98 Å². The maximum absolute atomic E-state index is 11.0. The monoisotopic (exact) mass is 218 g/mol. The Morgan fingerprint density at radius 3 is 2.88 bits per heavy atom. The van der Waals surface area contributed by atoms with Gasteiger partial charge in [-0.2, -0.15) is 0 Å². The van der Waals surface area contributed by atoms with E-state index in [4.69, 9.17) is 5.73 Å². The molecule has 0 spiro atoms. The van der Waals surface area contributed by atoms with Crippen molar-refractivity contribution >= 4 is 28.5 Å².